The maximum Gasteiger partial charge on any atom is 0.389 e. The zero-order chi connectivity index (χ0) is 19.2. The number of aromatic nitrogens is 2. The van der Waals surface area contributed by atoms with E-state index >= 15 is 0 Å². The smallest absolute Gasteiger partial charge is 0.389 e. The van der Waals surface area contributed by atoms with Crippen LogP contribution in [0.2, 0.25) is 0 Å². The first-order valence-electron chi connectivity index (χ1n) is 8.44. The Bertz CT molecular complexity index is 1000. The lowest BCUT2D eigenvalue weighted by Crippen LogP contribution is -2.25. The number of benzene rings is 2. The lowest BCUT2D eigenvalue weighted by atomic mass is 10.1. The van der Waals surface area contributed by atoms with E-state index < -0.39 is 12.6 Å². The van der Waals surface area contributed by atoms with Gasteiger partial charge in [-0.05, 0) is 17.2 Å². The highest BCUT2D eigenvalue weighted by atomic mass is 19.4. The Morgan fingerprint density at radius 2 is 1.85 bits per heavy atom. The van der Waals surface area contributed by atoms with Crippen molar-refractivity contribution in [3.05, 3.63) is 58.8 Å². The minimum absolute atomic E-state index is 0.0602. The first kappa shape index (κ1) is 17.4. The summed E-state index contributed by atoms with van der Waals surface area (Å²) < 4.78 is 37.5. The average Bonchev–Trinajstić information content (AvgIpc) is 3.21. The normalized spacial score (nSPS) is 14.0. The summed E-state index contributed by atoms with van der Waals surface area (Å²) in [5.41, 5.74) is 2.76. The number of fused-ring (bicyclic) bond motifs is 2. The number of aryl methyl sites for hydroxylation is 1. The van der Waals surface area contributed by atoms with Crippen LogP contribution in [0.5, 0.6) is 5.75 Å². The third-order valence-electron chi connectivity index (χ3n) is 4.76. The maximum absolute atomic E-state index is 12.9. The number of phenols is 1. The molecular formula is C19H16F3N3O2. The number of nitrogens with one attached hydrogen (secondary N) is 1. The minimum Gasteiger partial charge on any atom is -0.507 e. The molecule has 8 heteroatoms. The van der Waals surface area contributed by atoms with Crippen molar-refractivity contribution in [3.8, 4) is 5.75 Å². The predicted molar refractivity (Wildman–Crippen MR) is 92.2 cm³/mol. The Morgan fingerprint density at radius 3 is 2.48 bits per heavy atom. The number of aromatic hydroxyl groups is 1. The molecule has 0 spiro atoms. The van der Waals surface area contributed by atoms with Gasteiger partial charge in [-0.3, -0.25) is 9.89 Å². The molecule has 4 rings (SSSR count). The van der Waals surface area contributed by atoms with E-state index in [1.54, 1.807) is 4.90 Å². The number of hydrogen-bond donors (Lipinski definition) is 2. The Morgan fingerprint density at radius 1 is 1.19 bits per heavy atom. The SMILES string of the molecule is O=C(c1cc2c(CCC(F)(F)F)n[nH]c2cc1O)N1Cc2ccccc2C1. The molecule has 0 radical (unpaired) electrons. The van der Waals surface area contributed by atoms with Crippen LogP contribution in [0.15, 0.2) is 36.4 Å². The number of aromatic amines is 1. The van der Waals surface area contributed by atoms with Crippen LogP contribution < -0.4 is 0 Å². The Balaban J connectivity index is 1.63. The molecule has 140 valence electrons. The molecule has 27 heavy (non-hydrogen) atoms. The first-order chi connectivity index (χ1) is 12.8. The van der Waals surface area contributed by atoms with Gasteiger partial charge in [0.05, 0.1) is 16.8 Å². The summed E-state index contributed by atoms with van der Waals surface area (Å²) in [7, 11) is 0. The van der Waals surface area contributed by atoms with Crippen molar-refractivity contribution < 1.29 is 23.1 Å². The summed E-state index contributed by atoms with van der Waals surface area (Å²) in [6.45, 7) is 0.859. The van der Waals surface area contributed by atoms with Crippen LogP contribution in [0, 0.1) is 0 Å². The number of rotatable bonds is 3. The van der Waals surface area contributed by atoms with E-state index in [9.17, 15) is 23.1 Å². The number of phenolic OH excluding ortho intramolecular Hbond substituents is 1. The molecule has 0 bridgehead atoms. The Kier molecular flexibility index (Phi) is 4.05. The molecular weight excluding hydrogens is 359 g/mol. The van der Waals surface area contributed by atoms with Gasteiger partial charge in [-0.1, -0.05) is 24.3 Å². The molecule has 0 aliphatic carbocycles. The van der Waals surface area contributed by atoms with Crippen LogP contribution in [-0.4, -0.2) is 32.3 Å². The highest BCUT2D eigenvalue weighted by molar-refractivity contribution is 6.01. The van der Waals surface area contributed by atoms with Crippen LogP contribution in [-0.2, 0) is 19.5 Å². The summed E-state index contributed by atoms with van der Waals surface area (Å²) in [5.74, 6) is -0.594. The molecule has 0 fully saturated rings. The van der Waals surface area contributed by atoms with Gasteiger partial charge in [0, 0.05) is 37.4 Å². The number of hydrogen-bond acceptors (Lipinski definition) is 3. The second kappa shape index (κ2) is 6.29. The van der Waals surface area contributed by atoms with Gasteiger partial charge in [-0.2, -0.15) is 18.3 Å². The standard InChI is InChI=1S/C19H16F3N3O2/c20-19(21,22)6-5-15-13-7-14(17(26)8-16(13)24-23-15)18(27)25-9-11-3-1-2-4-12(11)10-25/h1-4,7-8,26H,5-6,9-10H2,(H,23,24). The van der Waals surface area contributed by atoms with Crippen molar-refractivity contribution in [3.63, 3.8) is 0 Å². The van der Waals surface area contributed by atoms with Crippen molar-refractivity contribution in [2.75, 3.05) is 0 Å². The van der Waals surface area contributed by atoms with Gasteiger partial charge in [-0.15, -0.1) is 0 Å². The van der Waals surface area contributed by atoms with E-state index in [4.69, 9.17) is 0 Å². The van der Waals surface area contributed by atoms with Crippen LogP contribution in [0.3, 0.4) is 0 Å². The van der Waals surface area contributed by atoms with Gasteiger partial charge in [0.25, 0.3) is 5.91 Å². The second-order valence-corrected chi connectivity index (χ2v) is 6.63. The predicted octanol–water partition coefficient (Wildman–Crippen LogP) is 3.92. The molecule has 0 atom stereocenters. The molecule has 0 saturated carbocycles. The minimum atomic E-state index is -4.29. The molecule has 1 aromatic heterocycles. The number of amides is 1. The monoisotopic (exact) mass is 375 g/mol. The van der Waals surface area contributed by atoms with Crippen LogP contribution in [0.25, 0.3) is 10.9 Å². The summed E-state index contributed by atoms with van der Waals surface area (Å²) in [4.78, 5) is 14.5. The second-order valence-electron chi connectivity index (χ2n) is 6.63. The lowest BCUT2D eigenvalue weighted by Gasteiger charge is -2.16. The Hall–Kier alpha value is -3.03. The van der Waals surface area contributed by atoms with Crippen molar-refractivity contribution in [1.29, 1.82) is 0 Å². The fraction of sp³-hybridized carbons (Fsp3) is 0.263. The van der Waals surface area contributed by atoms with Gasteiger partial charge in [0.1, 0.15) is 5.75 Å². The van der Waals surface area contributed by atoms with Crippen molar-refractivity contribution in [1.82, 2.24) is 15.1 Å². The van der Waals surface area contributed by atoms with Gasteiger partial charge in [-0.25, -0.2) is 0 Å². The summed E-state index contributed by atoms with van der Waals surface area (Å²) in [5, 5.41) is 17.2. The molecule has 0 unspecified atom stereocenters. The van der Waals surface area contributed by atoms with Gasteiger partial charge >= 0.3 is 6.18 Å². The van der Waals surface area contributed by atoms with Gasteiger partial charge < -0.3 is 10.0 Å². The van der Waals surface area contributed by atoms with Crippen molar-refractivity contribution in [2.45, 2.75) is 32.1 Å². The van der Waals surface area contributed by atoms with E-state index in [2.05, 4.69) is 10.2 Å². The fourth-order valence-corrected chi connectivity index (χ4v) is 3.38. The summed E-state index contributed by atoms with van der Waals surface area (Å²) in [6.07, 6.45) is -5.59. The molecule has 2 heterocycles. The third-order valence-corrected chi connectivity index (χ3v) is 4.76. The van der Waals surface area contributed by atoms with Crippen molar-refractivity contribution in [2.24, 2.45) is 0 Å². The molecule has 1 aliphatic rings. The van der Waals surface area contributed by atoms with E-state index in [0.717, 1.165) is 11.1 Å². The number of halogens is 3. The van der Waals surface area contributed by atoms with E-state index in [1.807, 2.05) is 24.3 Å². The highest BCUT2D eigenvalue weighted by Crippen LogP contribution is 2.31. The lowest BCUT2D eigenvalue weighted by molar-refractivity contribution is -0.134. The van der Waals surface area contributed by atoms with Crippen LogP contribution >= 0.6 is 0 Å². The zero-order valence-corrected chi connectivity index (χ0v) is 14.2. The maximum atomic E-state index is 12.9. The number of nitrogens with zero attached hydrogens (tertiary/aromatic N) is 2. The largest absolute Gasteiger partial charge is 0.507 e. The van der Waals surface area contributed by atoms with Gasteiger partial charge in [0.15, 0.2) is 0 Å². The number of alkyl halides is 3. The van der Waals surface area contributed by atoms with Crippen LogP contribution in [0.4, 0.5) is 13.2 Å². The highest BCUT2D eigenvalue weighted by Gasteiger charge is 2.29. The molecule has 1 amide bonds. The Labute approximate surface area is 152 Å². The van der Waals surface area contributed by atoms with E-state index in [0.29, 0.717) is 24.0 Å². The summed E-state index contributed by atoms with van der Waals surface area (Å²) >= 11 is 0. The van der Waals surface area contributed by atoms with Crippen LogP contribution in [0.1, 0.15) is 33.6 Å². The molecule has 2 aromatic carbocycles. The zero-order valence-electron chi connectivity index (χ0n) is 14.2. The third kappa shape index (κ3) is 3.34. The molecule has 5 nitrogen and oxygen atoms in total. The van der Waals surface area contributed by atoms with E-state index in [1.165, 1.54) is 12.1 Å². The van der Waals surface area contributed by atoms with Gasteiger partial charge in [0.2, 0.25) is 0 Å². The number of H-pyrrole nitrogens is 1. The quantitative estimate of drug-likeness (QED) is 0.729. The molecule has 0 saturated heterocycles. The molecule has 2 N–H and O–H groups in total. The topological polar surface area (TPSA) is 69.2 Å². The van der Waals surface area contributed by atoms with E-state index in [-0.39, 0.29) is 29.3 Å². The van der Waals surface area contributed by atoms with Crippen molar-refractivity contribution >= 4 is 16.8 Å². The number of carbonyl (C=O) groups excluding carboxylic acids is 1. The summed E-state index contributed by atoms with van der Waals surface area (Å²) in [6, 6.07) is 10.4. The molecule has 1 aliphatic heterocycles. The first-order valence-corrected chi connectivity index (χ1v) is 8.44. The molecule has 3 aromatic rings. The average molecular weight is 375 g/mol. The fourth-order valence-electron chi connectivity index (χ4n) is 3.38. The number of carbonyl (C=O) groups is 1.